The van der Waals surface area contributed by atoms with Crippen molar-refractivity contribution in [1.82, 2.24) is 0 Å². The first-order chi connectivity index (χ1) is 13.3. The number of methoxy groups -OCH3 is 1. The smallest absolute Gasteiger partial charge is 0.340 e. The zero-order valence-corrected chi connectivity index (χ0v) is 17.0. The number of esters is 1. The molecule has 28 heavy (non-hydrogen) atoms. The van der Waals surface area contributed by atoms with Gasteiger partial charge in [0.15, 0.2) is 0 Å². The van der Waals surface area contributed by atoms with Crippen molar-refractivity contribution >= 4 is 58.4 Å². The van der Waals surface area contributed by atoms with Crippen molar-refractivity contribution < 1.29 is 18.7 Å². The number of anilines is 1. The highest BCUT2D eigenvalue weighted by Crippen LogP contribution is 2.38. The maximum absolute atomic E-state index is 13.5. The van der Waals surface area contributed by atoms with Crippen molar-refractivity contribution in [2.45, 2.75) is 6.92 Å². The summed E-state index contributed by atoms with van der Waals surface area (Å²) in [5.41, 5.74) is 1.13. The maximum Gasteiger partial charge on any atom is 0.340 e. The third-order valence-electron chi connectivity index (χ3n) is 4.24. The summed E-state index contributed by atoms with van der Waals surface area (Å²) in [6.45, 7) is 1.58. The second kappa shape index (κ2) is 7.95. The molecule has 3 rings (SSSR count). The predicted octanol–water partition coefficient (Wildman–Crippen LogP) is 5.66. The fraction of sp³-hybridized carbons (Fsp3) is 0.100. The fourth-order valence-corrected chi connectivity index (χ4v) is 3.59. The molecule has 1 amide bonds. The van der Waals surface area contributed by atoms with E-state index in [9.17, 15) is 14.0 Å². The summed E-state index contributed by atoms with van der Waals surface area (Å²) in [5, 5.41) is 0.486. The van der Waals surface area contributed by atoms with Gasteiger partial charge in [-0.1, -0.05) is 40.9 Å². The number of carbonyl (C=O) groups excluding carboxylic acids is 2. The number of allylic oxidation sites excluding steroid dienone is 1. The van der Waals surface area contributed by atoms with E-state index in [0.29, 0.717) is 27.0 Å². The molecular weight excluding hydrogens is 428 g/mol. The third-order valence-corrected chi connectivity index (χ3v) is 5.19. The first-order valence-corrected chi connectivity index (χ1v) is 9.14. The zero-order valence-electron chi connectivity index (χ0n) is 14.7. The largest absolute Gasteiger partial charge is 0.465 e. The molecule has 0 atom stereocenters. The van der Waals surface area contributed by atoms with Crippen molar-refractivity contribution in [3.63, 3.8) is 0 Å². The van der Waals surface area contributed by atoms with Crippen LogP contribution >= 0.6 is 34.8 Å². The van der Waals surface area contributed by atoms with Gasteiger partial charge in [0, 0.05) is 21.3 Å². The average Bonchev–Trinajstić information content (AvgIpc) is 2.90. The number of rotatable bonds is 3. The van der Waals surface area contributed by atoms with E-state index >= 15 is 0 Å². The Bertz CT molecular complexity index is 1040. The summed E-state index contributed by atoms with van der Waals surface area (Å²) in [6, 6.07) is 8.73. The molecule has 8 heteroatoms. The van der Waals surface area contributed by atoms with Crippen LogP contribution in [-0.2, 0) is 14.3 Å². The SMILES string of the molecule is COC(=O)C1=C(C)N(c2ccc(F)c(Cl)c2)C(=O)/C1=C\c1c(Cl)cccc1Cl. The van der Waals surface area contributed by atoms with E-state index in [1.54, 1.807) is 25.1 Å². The molecule has 0 spiro atoms. The molecule has 2 aromatic rings. The van der Waals surface area contributed by atoms with Crippen LogP contribution in [0.25, 0.3) is 6.08 Å². The molecule has 0 unspecified atom stereocenters. The Kier molecular flexibility index (Phi) is 5.79. The van der Waals surface area contributed by atoms with E-state index in [2.05, 4.69) is 0 Å². The average molecular weight is 441 g/mol. The quantitative estimate of drug-likeness (QED) is 0.457. The van der Waals surface area contributed by atoms with E-state index in [-0.39, 0.29) is 16.2 Å². The van der Waals surface area contributed by atoms with E-state index < -0.39 is 17.7 Å². The molecule has 1 aliphatic heterocycles. The van der Waals surface area contributed by atoms with Crippen LogP contribution in [0, 0.1) is 5.82 Å². The van der Waals surface area contributed by atoms with Gasteiger partial charge in [0.25, 0.3) is 5.91 Å². The normalized spacial score (nSPS) is 15.6. The van der Waals surface area contributed by atoms with Crippen LogP contribution in [0.1, 0.15) is 12.5 Å². The maximum atomic E-state index is 13.5. The van der Waals surface area contributed by atoms with Crippen molar-refractivity contribution in [2.24, 2.45) is 0 Å². The Hall–Kier alpha value is -2.34. The Balaban J connectivity index is 2.21. The molecule has 2 aromatic carbocycles. The minimum atomic E-state index is -0.698. The van der Waals surface area contributed by atoms with Gasteiger partial charge in [0.1, 0.15) is 5.82 Å². The summed E-state index contributed by atoms with van der Waals surface area (Å²) in [6.07, 6.45) is 1.44. The molecule has 0 saturated heterocycles. The predicted molar refractivity (Wildman–Crippen MR) is 108 cm³/mol. The summed E-state index contributed by atoms with van der Waals surface area (Å²) in [4.78, 5) is 26.8. The lowest BCUT2D eigenvalue weighted by atomic mass is 10.0. The van der Waals surface area contributed by atoms with Gasteiger partial charge in [-0.2, -0.15) is 0 Å². The molecule has 0 radical (unpaired) electrons. The summed E-state index contributed by atoms with van der Waals surface area (Å²) >= 11 is 18.3. The van der Waals surface area contributed by atoms with Crippen LogP contribution in [0.4, 0.5) is 10.1 Å². The van der Waals surface area contributed by atoms with Crippen LogP contribution in [0.15, 0.2) is 53.2 Å². The highest BCUT2D eigenvalue weighted by Gasteiger charge is 2.38. The Morgan fingerprint density at radius 3 is 2.32 bits per heavy atom. The Morgan fingerprint density at radius 1 is 1.11 bits per heavy atom. The van der Waals surface area contributed by atoms with Crippen LogP contribution in [0.5, 0.6) is 0 Å². The first-order valence-electron chi connectivity index (χ1n) is 8.01. The Labute approximate surface area is 175 Å². The highest BCUT2D eigenvalue weighted by atomic mass is 35.5. The van der Waals surface area contributed by atoms with Crippen LogP contribution in [0.3, 0.4) is 0 Å². The number of hydrogen-bond donors (Lipinski definition) is 0. The van der Waals surface area contributed by atoms with Gasteiger partial charge in [-0.3, -0.25) is 9.69 Å². The molecule has 0 fully saturated rings. The second-order valence-electron chi connectivity index (χ2n) is 5.88. The van der Waals surface area contributed by atoms with Crippen molar-refractivity contribution in [1.29, 1.82) is 0 Å². The summed E-state index contributed by atoms with van der Waals surface area (Å²) in [5.74, 6) is -1.84. The highest BCUT2D eigenvalue weighted by molar-refractivity contribution is 6.38. The van der Waals surface area contributed by atoms with E-state index in [4.69, 9.17) is 39.5 Å². The van der Waals surface area contributed by atoms with Crippen molar-refractivity contribution in [3.05, 3.63) is 79.7 Å². The molecule has 0 aromatic heterocycles. The minimum Gasteiger partial charge on any atom is -0.465 e. The van der Waals surface area contributed by atoms with E-state index in [0.717, 1.165) is 6.07 Å². The van der Waals surface area contributed by atoms with Crippen molar-refractivity contribution in [3.8, 4) is 0 Å². The van der Waals surface area contributed by atoms with Gasteiger partial charge in [-0.25, -0.2) is 9.18 Å². The van der Waals surface area contributed by atoms with Gasteiger partial charge in [0.2, 0.25) is 0 Å². The van der Waals surface area contributed by atoms with Gasteiger partial charge >= 0.3 is 5.97 Å². The lowest BCUT2D eigenvalue weighted by molar-refractivity contribution is -0.136. The molecule has 1 heterocycles. The lowest BCUT2D eigenvalue weighted by Gasteiger charge is -2.18. The van der Waals surface area contributed by atoms with Crippen LogP contribution < -0.4 is 4.90 Å². The topological polar surface area (TPSA) is 46.6 Å². The fourth-order valence-electron chi connectivity index (χ4n) is 2.91. The number of halogens is 4. The summed E-state index contributed by atoms with van der Waals surface area (Å²) < 4.78 is 18.4. The number of amides is 1. The van der Waals surface area contributed by atoms with Crippen LogP contribution in [0.2, 0.25) is 15.1 Å². The molecule has 1 aliphatic rings. The van der Waals surface area contributed by atoms with Gasteiger partial charge in [-0.15, -0.1) is 0 Å². The first kappa shape index (κ1) is 20.4. The summed E-state index contributed by atoms with van der Waals surface area (Å²) in [7, 11) is 1.21. The van der Waals surface area contributed by atoms with E-state index in [1.165, 1.54) is 30.2 Å². The number of nitrogens with zero attached hydrogens (tertiary/aromatic N) is 1. The number of hydrogen-bond acceptors (Lipinski definition) is 3. The standard InChI is InChI=1S/C20H13Cl3FNO3/c1-10-18(20(27)28-2)13(9-12-14(21)4-3-5-15(12)22)19(26)25(10)11-6-7-17(24)16(23)8-11/h3-9H,1-2H3/b13-9-. The number of ether oxygens (including phenoxy) is 1. The van der Waals surface area contributed by atoms with Crippen molar-refractivity contribution in [2.75, 3.05) is 12.0 Å². The van der Waals surface area contributed by atoms with Crippen LogP contribution in [-0.4, -0.2) is 19.0 Å². The number of carbonyl (C=O) groups is 2. The molecule has 0 aliphatic carbocycles. The molecule has 0 saturated carbocycles. The van der Waals surface area contributed by atoms with Gasteiger partial charge in [0.05, 0.1) is 29.0 Å². The molecule has 0 bridgehead atoms. The molecule has 144 valence electrons. The minimum absolute atomic E-state index is 0.0554. The lowest BCUT2D eigenvalue weighted by Crippen LogP contribution is -2.24. The third kappa shape index (κ3) is 3.53. The van der Waals surface area contributed by atoms with Gasteiger partial charge in [-0.05, 0) is 43.3 Å². The molecular formula is C20H13Cl3FNO3. The Morgan fingerprint density at radius 2 is 1.75 bits per heavy atom. The molecule has 4 nitrogen and oxygen atoms in total. The monoisotopic (exact) mass is 439 g/mol. The van der Waals surface area contributed by atoms with Gasteiger partial charge < -0.3 is 4.74 Å². The van der Waals surface area contributed by atoms with E-state index in [1.807, 2.05) is 0 Å². The number of benzene rings is 2. The zero-order chi connectivity index (χ0) is 20.6. The molecule has 0 N–H and O–H groups in total. The second-order valence-corrected chi connectivity index (χ2v) is 7.11.